The minimum absolute atomic E-state index is 0.104. The predicted octanol–water partition coefficient (Wildman–Crippen LogP) is 1.44. The number of aliphatic hydroxyl groups is 1. The van der Waals surface area contributed by atoms with Crippen molar-refractivity contribution in [2.24, 2.45) is 0 Å². The van der Waals surface area contributed by atoms with E-state index < -0.39 is 11.9 Å². The second-order valence-electron chi connectivity index (χ2n) is 4.22. The van der Waals surface area contributed by atoms with Crippen molar-refractivity contribution >= 4 is 0 Å². The minimum Gasteiger partial charge on any atom is -0.388 e. The van der Waals surface area contributed by atoms with Crippen LogP contribution in [0.25, 0.3) is 0 Å². The summed E-state index contributed by atoms with van der Waals surface area (Å²) in [5, 5.41) is 9.85. The number of ether oxygens (including phenoxy) is 2. The molecule has 1 aliphatic heterocycles. The molecule has 2 fully saturated rings. The molecular formula is C10H18O3. The Labute approximate surface area is 79.0 Å². The first kappa shape index (κ1) is 9.44. The van der Waals surface area contributed by atoms with Gasteiger partial charge in [-0.2, -0.15) is 0 Å². The molecule has 0 aromatic heterocycles. The van der Waals surface area contributed by atoms with Crippen molar-refractivity contribution in [3.63, 3.8) is 0 Å². The SMILES string of the molecule is C[C@H]1OC2(CCCC[C@H]2O)O[C@@H]1C. The Kier molecular flexibility index (Phi) is 2.34. The highest BCUT2D eigenvalue weighted by molar-refractivity contribution is 4.90. The average molecular weight is 186 g/mol. The maximum atomic E-state index is 9.85. The van der Waals surface area contributed by atoms with Gasteiger partial charge in [0.2, 0.25) is 0 Å². The summed E-state index contributed by atoms with van der Waals surface area (Å²) in [5.74, 6) is -0.670. The van der Waals surface area contributed by atoms with Crippen LogP contribution in [0.2, 0.25) is 0 Å². The highest BCUT2D eigenvalue weighted by atomic mass is 16.8. The first-order valence-corrected chi connectivity index (χ1v) is 5.18. The summed E-state index contributed by atoms with van der Waals surface area (Å²) in [4.78, 5) is 0. The molecule has 1 saturated heterocycles. The van der Waals surface area contributed by atoms with Crippen LogP contribution in [0.5, 0.6) is 0 Å². The number of hydrogen-bond donors (Lipinski definition) is 1. The molecule has 2 aliphatic rings. The van der Waals surface area contributed by atoms with Gasteiger partial charge in [0, 0.05) is 6.42 Å². The Balaban J connectivity index is 2.11. The molecule has 3 nitrogen and oxygen atoms in total. The molecule has 0 bridgehead atoms. The second kappa shape index (κ2) is 3.23. The standard InChI is InChI=1S/C10H18O3/c1-7-8(2)13-10(12-7)6-4-3-5-9(10)11/h7-9,11H,3-6H2,1-2H3/t7-,8-,9-/m1/s1. The van der Waals surface area contributed by atoms with Crippen LogP contribution < -0.4 is 0 Å². The monoisotopic (exact) mass is 186 g/mol. The summed E-state index contributed by atoms with van der Waals surface area (Å²) in [7, 11) is 0. The first-order valence-electron chi connectivity index (χ1n) is 5.18. The van der Waals surface area contributed by atoms with Gasteiger partial charge in [0.25, 0.3) is 0 Å². The van der Waals surface area contributed by atoms with Gasteiger partial charge in [-0.05, 0) is 26.7 Å². The Morgan fingerprint density at radius 3 is 2.31 bits per heavy atom. The lowest BCUT2D eigenvalue weighted by molar-refractivity contribution is -0.247. The Morgan fingerprint density at radius 2 is 1.77 bits per heavy atom. The predicted molar refractivity (Wildman–Crippen MR) is 48.3 cm³/mol. The molecule has 2 rings (SSSR count). The van der Waals surface area contributed by atoms with E-state index in [1.807, 2.05) is 13.8 Å². The fraction of sp³-hybridized carbons (Fsp3) is 1.00. The molecule has 1 saturated carbocycles. The third-order valence-electron chi connectivity index (χ3n) is 3.19. The van der Waals surface area contributed by atoms with E-state index in [0.29, 0.717) is 0 Å². The van der Waals surface area contributed by atoms with Gasteiger partial charge in [-0.1, -0.05) is 6.42 Å². The van der Waals surface area contributed by atoms with Crippen LogP contribution in [0.4, 0.5) is 0 Å². The van der Waals surface area contributed by atoms with Crippen LogP contribution in [-0.4, -0.2) is 29.2 Å². The zero-order valence-corrected chi connectivity index (χ0v) is 8.32. The topological polar surface area (TPSA) is 38.7 Å². The van der Waals surface area contributed by atoms with Crippen molar-refractivity contribution < 1.29 is 14.6 Å². The summed E-state index contributed by atoms with van der Waals surface area (Å²) in [6.07, 6.45) is 3.59. The van der Waals surface area contributed by atoms with Gasteiger partial charge in [0.1, 0.15) is 6.10 Å². The van der Waals surface area contributed by atoms with Crippen molar-refractivity contribution in [1.82, 2.24) is 0 Å². The van der Waals surface area contributed by atoms with E-state index in [1.165, 1.54) is 0 Å². The zero-order chi connectivity index (χ0) is 9.47. The molecule has 1 aliphatic carbocycles. The van der Waals surface area contributed by atoms with Crippen LogP contribution in [0.15, 0.2) is 0 Å². The molecule has 3 atom stereocenters. The van der Waals surface area contributed by atoms with E-state index in [9.17, 15) is 5.11 Å². The van der Waals surface area contributed by atoms with Crippen molar-refractivity contribution in [2.45, 2.75) is 63.6 Å². The van der Waals surface area contributed by atoms with Gasteiger partial charge in [-0.3, -0.25) is 0 Å². The largest absolute Gasteiger partial charge is 0.388 e. The zero-order valence-electron chi connectivity index (χ0n) is 8.32. The van der Waals surface area contributed by atoms with E-state index >= 15 is 0 Å². The first-order chi connectivity index (χ1) is 6.14. The normalized spacial score (nSPS) is 44.1. The maximum Gasteiger partial charge on any atom is 0.195 e. The highest BCUT2D eigenvalue weighted by Crippen LogP contribution is 2.40. The van der Waals surface area contributed by atoms with E-state index in [2.05, 4.69) is 0 Å². The number of rotatable bonds is 0. The molecule has 1 heterocycles. The quantitative estimate of drug-likeness (QED) is 0.622. The number of hydrogen-bond acceptors (Lipinski definition) is 3. The second-order valence-corrected chi connectivity index (χ2v) is 4.22. The third-order valence-corrected chi connectivity index (χ3v) is 3.19. The molecule has 0 unspecified atom stereocenters. The molecule has 13 heavy (non-hydrogen) atoms. The summed E-state index contributed by atoms with van der Waals surface area (Å²) in [6.45, 7) is 4.00. The van der Waals surface area contributed by atoms with Gasteiger partial charge >= 0.3 is 0 Å². The van der Waals surface area contributed by atoms with Gasteiger partial charge in [-0.25, -0.2) is 0 Å². The molecule has 0 radical (unpaired) electrons. The highest BCUT2D eigenvalue weighted by Gasteiger charge is 2.50. The van der Waals surface area contributed by atoms with Gasteiger partial charge in [0.05, 0.1) is 12.2 Å². The fourth-order valence-corrected chi connectivity index (χ4v) is 2.22. The van der Waals surface area contributed by atoms with Gasteiger partial charge in [0.15, 0.2) is 5.79 Å². The summed E-state index contributed by atoms with van der Waals surface area (Å²) >= 11 is 0. The summed E-state index contributed by atoms with van der Waals surface area (Å²) < 4.78 is 11.5. The Bertz CT molecular complexity index is 183. The van der Waals surface area contributed by atoms with E-state index in [1.54, 1.807) is 0 Å². The van der Waals surface area contributed by atoms with E-state index in [0.717, 1.165) is 25.7 Å². The lowest BCUT2D eigenvalue weighted by Crippen LogP contribution is -2.46. The molecule has 3 heteroatoms. The lowest BCUT2D eigenvalue weighted by atomic mass is 9.91. The average Bonchev–Trinajstić information content (AvgIpc) is 2.36. The Morgan fingerprint density at radius 1 is 1.15 bits per heavy atom. The van der Waals surface area contributed by atoms with Crippen molar-refractivity contribution in [3.8, 4) is 0 Å². The van der Waals surface area contributed by atoms with Crippen LogP contribution in [0.3, 0.4) is 0 Å². The van der Waals surface area contributed by atoms with Crippen LogP contribution in [-0.2, 0) is 9.47 Å². The Hall–Kier alpha value is -0.120. The van der Waals surface area contributed by atoms with Crippen molar-refractivity contribution in [3.05, 3.63) is 0 Å². The molecular weight excluding hydrogens is 168 g/mol. The van der Waals surface area contributed by atoms with E-state index in [-0.39, 0.29) is 12.2 Å². The lowest BCUT2D eigenvalue weighted by Gasteiger charge is -2.36. The van der Waals surface area contributed by atoms with Gasteiger partial charge in [-0.15, -0.1) is 0 Å². The van der Waals surface area contributed by atoms with Crippen LogP contribution in [0.1, 0.15) is 39.5 Å². The number of aliphatic hydroxyl groups excluding tert-OH is 1. The molecule has 1 N–H and O–H groups in total. The molecule has 76 valence electrons. The summed E-state index contributed by atoms with van der Waals surface area (Å²) in [5.41, 5.74) is 0. The maximum absolute atomic E-state index is 9.85. The van der Waals surface area contributed by atoms with Crippen LogP contribution in [0, 0.1) is 0 Å². The van der Waals surface area contributed by atoms with E-state index in [4.69, 9.17) is 9.47 Å². The van der Waals surface area contributed by atoms with Crippen molar-refractivity contribution in [1.29, 1.82) is 0 Å². The molecule has 1 spiro atoms. The van der Waals surface area contributed by atoms with Gasteiger partial charge < -0.3 is 14.6 Å². The fourth-order valence-electron chi connectivity index (χ4n) is 2.22. The van der Waals surface area contributed by atoms with Crippen LogP contribution >= 0.6 is 0 Å². The third kappa shape index (κ3) is 1.49. The molecule has 0 aromatic carbocycles. The van der Waals surface area contributed by atoms with Crippen molar-refractivity contribution in [2.75, 3.05) is 0 Å². The molecule has 0 aromatic rings. The molecule has 0 amide bonds. The summed E-state index contributed by atoms with van der Waals surface area (Å²) in [6, 6.07) is 0. The minimum atomic E-state index is -0.670. The smallest absolute Gasteiger partial charge is 0.195 e.